The van der Waals surface area contributed by atoms with E-state index in [9.17, 15) is 24.0 Å². The highest BCUT2D eigenvalue weighted by Gasteiger charge is 2.34. The Labute approximate surface area is 183 Å². The van der Waals surface area contributed by atoms with Gasteiger partial charge in [-0.05, 0) is 43.9 Å². The Kier molecular flexibility index (Phi) is 7.11. The largest absolute Gasteiger partial charge is 0.446 e. The minimum absolute atomic E-state index is 0.00849. The number of anilines is 1. The standard InChI is InChI=1S/C20H23ClN4O6/c1-22-19(29)16(26)15(8-10-6-7-23-17(10)27)24-18(28)13-9-11(21)2-5-14(13)25-20(30)31-12-3-4-12/h2,5,9-10,12,15H,3-4,6-8H2,1H3,(H,22,29)(H,23,27)(H,24,28)(H,25,30)/t10-,15-/m0/s1. The minimum Gasteiger partial charge on any atom is -0.446 e. The second kappa shape index (κ2) is 9.78. The van der Waals surface area contributed by atoms with Gasteiger partial charge in [0.05, 0.1) is 17.3 Å². The maximum Gasteiger partial charge on any atom is 0.411 e. The summed E-state index contributed by atoms with van der Waals surface area (Å²) in [5.74, 6) is -3.24. The number of halogens is 1. The number of likely N-dealkylation sites (N-methyl/N-ethyl adjacent to an activating group) is 1. The van der Waals surface area contributed by atoms with E-state index >= 15 is 0 Å². The van der Waals surface area contributed by atoms with Crippen molar-refractivity contribution in [3.05, 3.63) is 28.8 Å². The van der Waals surface area contributed by atoms with Gasteiger partial charge < -0.3 is 20.7 Å². The smallest absolute Gasteiger partial charge is 0.411 e. The predicted octanol–water partition coefficient (Wildman–Crippen LogP) is 0.991. The molecule has 1 saturated carbocycles. The van der Waals surface area contributed by atoms with Crippen LogP contribution >= 0.6 is 11.6 Å². The van der Waals surface area contributed by atoms with Crippen LogP contribution in [0.15, 0.2) is 18.2 Å². The van der Waals surface area contributed by atoms with E-state index in [1.165, 1.54) is 25.2 Å². The van der Waals surface area contributed by atoms with Crippen LogP contribution in [0, 0.1) is 5.92 Å². The molecule has 1 aromatic carbocycles. The molecule has 1 saturated heterocycles. The molecule has 1 aromatic rings. The molecule has 2 aliphatic rings. The van der Waals surface area contributed by atoms with E-state index in [0.29, 0.717) is 13.0 Å². The number of hydrogen-bond acceptors (Lipinski definition) is 6. The van der Waals surface area contributed by atoms with E-state index in [2.05, 4.69) is 21.3 Å². The van der Waals surface area contributed by atoms with E-state index in [-0.39, 0.29) is 34.7 Å². The average molecular weight is 451 g/mol. The summed E-state index contributed by atoms with van der Waals surface area (Å²) >= 11 is 6.01. The molecule has 0 spiro atoms. The van der Waals surface area contributed by atoms with Gasteiger partial charge in [-0.15, -0.1) is 0 Å². The van der Waals surface area contributed by atoms with Crippen LogP contribution in [0.25, 0.3) is 0 Å². The molecule has 3 rings (SSSR count). The Morgan fingerprint density at radius 1 is 1.23 bits per heavy atom. The number of ketones is 1. The first-order chi connectivity index (χ1) is 14.8. The molecule has 0 bridgehead atoms. The first kappa shape index (κ1) is 22.5. The average Bonchev–Trinajstić information content (AvgIpc) is 3.46. The maximum atomic E-state index is 13.0. The van der Waals surface area contributed by atoms with Crippen LogP contribution in [0.5, 0.6) is 0 Å². The van der Waals surface area contributed by atoms with E-state index in [0.717, 1.165) is 12.8 Å². The van der Waals surface area contributed by atoms with Gasteiger partial charge in [0.15, 0.2) is 0 Å². The van der Waals surface area contributed by atoms with Gasteiger partial charge in [-0.1, -0.05) is 11.6 Å². The number of carbonyl (C=O) groups is 5. The second-order valence-electron chi connectivity index (χ2n) is 7.40. The zero-order chi connectivity index (χ0) is 22.5. The molecule has 2 fully saturated rings. The molecule has 1 heterocycles. The third kappa shape index (κ3) is 5.94. The van der Waals surface area contributed by atoms with Crippen molar-refractivity contribution in [2.24, 2.45) is 5.92 Å². The molecule has 0 radical (unpaired) electrons. The maximum absolute atomic E-state index is 13.0. The fraction of sp³-hybridized carbons (Fsp3) is 0.450. The number of nitrogens with one attached hydrogen (secondary N) is 4. The molecule has 0 unspecified atom stereocenters. The number of carbonyl (C=O) groups excluding carboxylic acids is 5. The van der Waals surface area contributed by atoms with Crippen molar-refractivity contribution in [2.45, 2.75) is 37.8 Å². The van der Waals surface area contributed by atoms with Crippen molar-refractivity contribution in [3.63, 3.8) is 0 Å². The Hall–Kier alpha value is -3.14. The van der Waals surface area contributed by atoms with Crippen molar-refractivity contribution < 1.29 is 28.7 Å². The first-order valence-corrected chi connectivity index (χ1v) is 10.3. The predicted molar refractivity (Wildman–Crippen MR) is 111 cm³/mol. The lowest BCUT2D eigenvalue weighted by molar-refractivity contribution is -0.139. The molecule has 4 N–H and O–H groups in total. The Bertz CT molecular complexity index is 917. The lowest BCUT2D eigenvalue weighted by Gasteiger charge is -2.20. The molecule has 11 heteroatoms. The van der Waals surface area contributed by atoms with Crippen molar-refractivity contribution in [1.29, 1.82) is 0 Å². The summed E-state index contributed by atoms with van der Waals surface area (Å²) in [6, 6.07) is 3.02. The highest BCUT2D eigenvalue weighted by molar-refractivity contribution is 6.38. The molecule has 1 aliphatic carbocycles. The van der Waals surface area contributed by atoms with Crippen LogP contribution in [0.2, 0.25) is 5.02 Å². The number of benzene rings is 1. The molecule has 10 nitrogen and oxygen atoms in total. The number of ether oxygens (including phenoxy) is 1. The van der Waals surface area contributed by atoms with Gasteiger partial charge in [-0.2, -0.15) is 0 Å². The Morgan fingerprint density at radius 3 is 2.58 bits per heavy atom. The normalized spacial score (nSPS) is 18.5. The zero-order valence-electron chi connectivity index (χ0n) is 16.8. The van der Waals surface area contributed by atoms with Crippen LogP contribution in [0.1, 0.15) is 36.0 Å². The molecule has 4 amide bonds. The highest BCUT2D eigenvalue weighted by atomic mass is 35.5. The summed E-state index contributed by atoms with van der Waals surface area (Å²) in [5, 5.41) is 10.1. The number of rotatable bonds is 8. The monoisotopic (exact) mass is 450 g/mol. The molecule has 1 aliphatic heterocycles. The number of amides is 4. The van der Waals surface area contributed by atoms with Crippen LogP contribution in [-0.4, -0.2) is 55.3 Å². The fourth-order valence-corrected chi connectivity index (χ4v) is 3.37. The zero-order valence-corrected chi connectivity index (χ0v) is 17.6. The van der Waals surface area contributed by atoms with Crippen LogP contribution in [-0.2, 0) is 19.1 Å². The fourth-order valence-electron chi connectivity index (χ4n) is 3.19. The Morgan fingerprint density at radius 2 is 1.97 bits per heavy atom. The SMILES string of the molecule is CNC(=O)C(=O)[C@H](C[C@@H]1CCNC1=O)NC(=O)c1cc(Cl)ccc1NC(=O)OC1CC1. The quantitative estimate of drug-likeness (QED) is 0.435. The summed E-state index contributed by atoms with van der Waals surface area (Å²) < 4.78 is 5.13. The first-order valence-electron chi connectivity index (χ1n) is 9.90. The van der Waals surface area contributed by atoms with Crippen molar-refractivity contribution >= 4 is 46.9 Å². The second-order valence-corrected chi connectivity index (χ2v) is 7.84. The van der Waals surface area contributed by atoms with Crippen LogP contribution in [0.4, 0.5) is 10.5 Å². The van der Waals surface area contributed by atoms with Gasteiger partial charge in [0.25, 0.3) is 11.8 Å². The summed E-state index contributed by atoms with van der Waals surface area (Å²) in [7, 11) is 1.30. The van der Waals surface area contributed by atoms with E-state index < -0.39 is 35.7 Å². The van der Waals surface area contributed by atoms with Gasteiger partial charge in [-0.25, -0.2) is 4.79 Å². The third-order valence-electron chi connectivity index (χ3n) is 5.02. The summed E-state index contributed by atoms with van der Waals surface area (Å²) in [5.41, 5.74) is 0.128. The van der Waals surface area contributed by atoms with E-state index in [4.69, 9.17) is 16.3 Å². The van der Waals surface area contributed by atoms with Gasteiger partial charge >= 0.3 is 6.09 Å². The van der Waals surface area contributed by atoms with Crippen molar-refractivity contribution in [2.75, 3.05) is 18.9 Å². The molecular formula is C20H23ClN4O6. The van der Waals surface area contributed by atoms with Crippen LogP contribution < -0.4 is 21.3 Å². The molecule has 2 atom stereocenters. The topological polar surface area (TPSA) is 143 Å². The van der Waals surface area contributed by atoms with Crippen molar-refractivity contribution in [1.82, 2.24) is 16.0 Å². The van der Waals surface area contributed by atoms with Gasteiger partial charge in [-0.3, -0.25) is 24.5 Å². The van der Waals surface area contributed by atoms with Crippen molar-refractivity contribution in [3.8, 4) is 0 Å². The Balaban J connectivity index is 1.78. The molecular weight excluding hydrogens is 428 g/mol. The molecule has 166 valence electrons. The highest BCUT2D eigenvalue weighted by Crippen LogP contribution is 2.26. The lowest BCUT2D eigenvalue weighted by atomic mass is 9.95. The van der Waals surface area contributed by atoms with Crippen LogP contribution in [0.3, 0.4) is 0 Å². The van der Waals surface area contributed by atoms with E-state index in [1.54, 1.807) is 0 Å². The van der Waals surface area contributed by atoms with Gasteiger partial charge in [0.2, 0.25) is 11.7 Å². The number of Topliss-reactive ketones (excluding diaryl/α,β-unsaturated/α-hetero) is 1. The summed E-state index contributed by atoms with van der Waals surface area (Å²) in [4.78, 5) is 61.3. The summed E-state index contributed by atoms with van der Waals surface area (Å²) in [6.07, 6.45) is 1.20. The lowest BCUT2D eigenvalue weighted by Crippen LogP contribution is -2.48. The van der Waals surface area contributed by atoms with Gasteiger partial charge in [0, 0.05) is 24.5 Å². The van der Waals surface area contributed by atoms with Gasteiger partial charge in [0.1, 0.15) is 6.10 Å². The van der Waals surface area contributed by atoms with E-state index in [1.807, 2.05) is 0 Å². The summed E-state index contributed by atoms with van der Waals surface area (Å²) in [6.45, 7) is 0.462. The molecule has 0 aromatic heterocycles. The number of hydrogen-bond donors (Lipinski definition) is 4. The molecule has 31 heavy (non-hydrogen) atoms. The minimum atomic E-state index is -1.23. The third-order valence-corrected chi connectivity index (χ3v) is 5.25.